The minimum atomic E-state index is -1.31. The minimum Gasteiger partial charge on any atom is -0.462 e. The summed E-state index contributed by atoms with van der Waals surface area (Å²) in [4.78, 5) is 35.9. The van der Waals surface area contributed by atoms with E-state index in [4.69, 9.17) is 21.1 Å². The summed E-state index contributed by atoms with van der Waals surface area (Å²) >= 11 is 5.36. The fourth-order valence-electron chi connectivity index (χ4n) is 1.93. The molecule has 116 valence electrons. The summed E-state index contributed by atoms with van der Waals surface area (Å²) in [6, 6.07) is 0. The van der Waals surface area contributed by atoms with Gasteiger partial charge in [-0.1, -0.05) is 0 Å². The summed E-state index contributed by atoms with van der Waals surface area (Å²) in [5, 5.41) is 9.77. The van der Waals surface area contributed by atoms with Crippen LogP contribution in [0.2, 0.25) is 0 Å². The Bertz CT molecular complexity index is 644. The van der Waals surface area contributed by atoms with Crippen molar-refractivity contribution >= 4 is 17.6 Å². The van der Waals surface area contributed by atoms with Gasteiger partial charge in [-0.3, -0.25) is 14.3 Å². The van der Waals surface area contributed by atoms with Crippen LogP contribution in [0.4, 0.5) is 4.39 Å². The highest BCUT2D eigenvalue weighted by Crippen LogP contribution is 2.28. The van der Waals surface area contributed by atoms with Gasteiger partial charge < -0.3 is 14.6 Å². The first-order chi connectivity index (χ1) is 9.93. The summed E-state index contributed by atoms with van der Waals surface area (Å²) < 4.78 is 23.9. The Hall–Kier alpha value is -1.71. The van der Waals surface area contributed by atoms with Gasteiger partial charge in [0.15, 0.2) is 6.10 Å². The molecule has 8 nitrogen and oxygen atoms in total. The van der Waals surface area contributed by atoms with Crippen molar-refractivity contribution in [2.24, 2.45) is 0 Å². The topological polar surface area (TPSA) is 111 Å². The SMILES string of the molecule is O=C(OCCCl)[C@H]1O[C@@H](n2cc(F)c(=O)[nH]c2=O)C[C@@H]1O. The number of nitrogens with one attached hydrogen (secondary N) is 1. The molecule has 0 aromatic carbocycles. The van der Waals surface area contributed by atoms with Crippen molar-refractivity contribution < 1.29 is 23.8 Å². The lowest BCUT2D eigenvalue weighted by Crippen LogP contribution is -2.35. The zero-order chi connectivity index (χ0) is 15.6. The van der Waals surface area contributed by atoms with Crippen LogP contribution in [0.5, 0.6) is 0 Å². The number of halogens is 2. The summed E-state index contributed by atoms with van der Waals surface area (Å²) in [6.07, 6.45) is -3.09. The number of aromatic amines is 1. The fourth-order valence-corrected chi connectivity index (χ4v) is 2.01. The zero-order valence-electron chi connectivity index (χ0n) is 10.6. The van der Waals surface area contributed by atoms with Crippen molar-refractivity contribution in [2.75, 3.05) is 12.5 Å². The Labute approximate surface area is 122 Å². The third-order valence-electron chi connectivity index (χ3n) is 2.88. The van der Waals surface area contributed by atoms with Crippen LogP contribution in [0.3, 0.4) is 0 Å². The largest absolute Gasteiger partial charge is 0.462 e. The highest BCUT2D eigenvalue weighted by Gasteiger charge is 2.41. The predicted octanol–water partition coefficient (Wildman–Crippen LogP) is -0.894. The van der Waals surface area contributed by atoms with E-state index in [1.807, 2.05) is 0 Å². The van der Waals surface area contributed by atoms with Crippen molar-refractivity contribution in [3.05, 3.63) is 32.9 Å². The number of aliphatic hydroxyl groups is 1. The van der Waals surface area contributed by atoms with Gasteiger partial charge in [0.05, 0.1) is 18.2 Å². The molecule has 1 saturated heterocycles. The molecule has 1 aromatic rings. The van der Waals surface area contributed by atoms with Crippen LogP contribution in [-0.4, -0.2) is 45.3 Å². The Morgan fingerprint density at radius 1 is 1.62 bits per heavy atom. The molecule has 2 rings (SSSR count). The minimum absolute atomic E-state index is 0.0507. The molecule has 1 aromatic heterocycles. The Morgan fingerprint density at radius 3 is 3.00 bits per heavy atom. The summed E-state index contributed by atoms with van der Waals surface area (Å²) in [5.74, 6) is -1.92. The molecule has 0 spiro atoms. The van der Waals surface area contributed by atoms with Crippen LogP contribution < -0.4 is 11.2 Å². The average Bonchev–Trinajstić information content (AvgIpc) is 2.82. The first kappa shape index (κ1) is 15.7. The zero-order valence-corrected chi connectivity index (χ0v) is 11.4. The van der Waals surface area contributed by atoms with Gasteiger partial charge in [-0.25, -0.2) is 9.59 Å². The molecule has 0 radical (unpaired) electrons. The molecule has 3 atom stereocenters. The van der Waals surface area contributed by atoms with E-state index >= 15 is 0 Å². The monoisotopic (exact) mass is 322 g/mol. The second-order valence-electron chi connectivity index (χ2n) is 4.31. The number of carbonyl (C=O) groups is 1. The number of carbonyl (C=O) groups excluding carboxylic acids is 1. The van der Waals surface area contributed by atoms with Crippen molar-refractivity contribution in [3.8, 4) is 0 Å². The third kappa shape index (κ3) is 3.31. The molecule has 0 unspecified atom stereocenters. The molecule has 2 N–H and O–H groups in total. The maximum Gasteiger partial charge on any atom is 0.338 e. The van der Waals surface area contributed by atoms with E-state index in [9.17, 15) is 23.9 Å². The lowest BCUT2D eigenvalue weighted by molar-refractivity contribution is -0.161. The number of nitrogens with zero attached hydrogens (tertiary/aromatic N) is 1. The summed E-state index contributed by atoms with van der Waals surface area (Å²) in [5.41, 5.74) is -2.07. The molecule has 0 aliphatic carbocycles. The smallest absolute Gasteiger partial charge is 0.338 e. The summed E-state index contributed by atoms with van der Waals surface area (Å²) in [7, 11) is 0. The van der Waals surface area contributed by atoms with Gasteiger partial charge in [-0.05, 0) is 0 Å². The Balaban J connectivity index is 2.18. The standard InChI is InChI=1S/C11H12ClFN2O6/c12-1-2-20-10(18)8-6(16)3-7(21-8)15-4-5(13)9(17)14-11(15)19/h4,6-8,16H,1-3H2,(H,14,17,19)/t6-,7+,8-/m0/s1. The number of hydrogen-bond acceptors (Lipinski definition) is 6. The van der Waals surface area contributed by atoms with E-state index in [0.29, 0.717) is 6.20 Å². The van der Waals surface area contributed by atoms with E-state index in [-0.39, 0.29) is 18.9 Å². The van der Waals surface area contributed by atoms with Crippen LogP contribution in [0, 0.1) is 5.82 Å². The van der Waals surface area contributed by atoms with Crippen molar-refractivity contribution in [2.45, 2.75) is 24.9 Å². The van der Waals surface area contributed by atoms with Crippen LogP contribution in [0.15, 0.2) is 15.8 Å². The van der Waals surface area contributed by atoms with Crippen LogP contribution >= 0.6 is 11.6 Å². The molecule has 2 heterocycles. The number of H-pyrrole nitrogens is 1. The fraction of sp³-hybridized carbons (Fsp3) is 0.545. The Kier molecular flexibility index (Phi) is 4.76. The number of rotatable bonds is 4. The van der Waals surface area contributed by atoms with E-state index in [2.05, 4.69) is 0 Å². The number of ether oxygens (including phenoxy) is 2. The van der Waals surface area contributed by atoms with Crippen LogP contribution in [0.1, 0.15) is 12.6 Å². The molecule has 0 saturated carbocycles. The third-order valence-corrected chi connectivity index (χ3v) is 3.04. The normalized spacial score (nSPS) is 25.0. The van der Waals surface area contributed by atoms with Gasteiger partial charge in [0, 0.05) is 6.42 Å². The van der Waals surface area contributed by atoms with E-state index < -0.39 is 41.5 Å². The van der Waals surface area contributed by atoms with Gasteiger partial charge >= 0.3 is 11.7 Å². The van der Waals surface area contributed by atoms with Crippen LogP contribution in [0.25, 0.3) is 0 Å². The molecular formula is C11H12ClFN2O6. The molecule has 10 heteroatoms. The van der Waals surface area contributed by atoms with Gasteiger partial charge in [-0.2, -0.15) is 4.39 Å². The highest BCUT2D eigenvalue weighted by molar-refractivity contribution is 6.18. The number of esters is 1. The first-order valence-electron chi connectivity index (χ1n) is 6.01. The average molecular weight is 323 g/mol. The van der Waals surface area contributed by atoms with Gasteiger partial charge in [0.1, 0.15) is 12.8 Å². The van der Waals surface area contributed by atoms with Gasteiger partial charge in [0.2, 0.25) is 5.82 Å². The predicted molar refractivity (Wildman–Crippen MR) is 67.5 cm³/mol. The lowest BCUT2D eigenvalue weighted by Gasteiger charge is -2.14. The second-order valence-corrected chi connectivity index (χ2v) is 4.69. The van der Waals surface area contributed by atoms with Crippen molar-refractivity contribution in [3.63, 3.8) is 0 Å². The second kappa shape index (κ2) is 6.37. The summed E-state index contributed by atoms with van der Waals surface area (Å²) in [6.45, 7) is -0.0507. The molecule has 0 bridgehead atoms. The van der Waals surface area contributed by atoms with Crippen molar-refractivity contribution in [1.29, 1.82) is 0 Å². The van der Waals surface area contributed by atoms with Crippen molar-refractivity contribution in [1.82, 2.24) is 9.55 Å². The van der Waals surface area contributed by atoms with E-state index in [0.717, 1.165) is 4.57 Å². The maximum atomic E-state index is 13.2. The molecule has 0 amide bonds. The Morgan fingerprint density at radius 2 is 2.33 bits per heavy atom. The lowest BCUT2D eigenvalue weighted by atomic mass is 10.2. The molecule has 21 heavy (non-hydrogen) atoms. The number of alkyl halides is 1. The van der Waals surface area contributed by atoms with E-state index in [1.165, 1.54) is 0 Å². The van der Waals surface area contributed by atoms with E-state index in [1.54, 1.807) is 4.98 Å². The number of hydrogen-bond donors (Lipinski definition) is 2. The molecule has 1 aliphatic heterocycles. The van der Waals surface area contributed by atoms with Gasteiger partial charge in [0.25, 0.3) is 5.56 Å². The quantitative estimate of drug-likeness (QED) is 0.549. The van der Waals surface area contributed by atoms with Gasteiger partial charge in [-0.15, -0.1) is 11.6 Å². The molecule has 1 fully saturated rings. The van der Waals surface area contributed by atoms with Crippen LogP contribution in [-0.2, 0) is 14.3 Å². The maximum absolute atomic E-state index is 13.2. The number of aliphatic hydroxyl groups excluding tert-OH is 1. The number of aromatic nitrogens is 2. The molecular weight excluding hydrogens is 311 g/mol. The highest BCUT2D eigenvalue weighted by atomic mass is 35.5. The molecule has 1 aliphatic rings. The first-order valence-corrected chi connectivity index (χ1v) is 6.54.